The van der Waals surface area contributed by atoms with Gasteiger partial charge in [0, 0.05) is 16.7 Å². The van der Waals surface area contributed by atoms with Crippen LogP contribution in [0.5, 0.6) is 23.4 Å². The summed E-state index contributed by atoms with van der Waals surface area (Å²) >= 11 is 3.16. The van der Waals surface area contributed by atoms with Crippen LogP contribution in [0.2, 0.25) is 0 Å². The minimum atomic E-state index is -0.548. The Morgan fingerprint density at radius 1 is 0.913 bits per heavy atom. The summed E-state index contributed by atoms with van der Waals surface area (Å²) < 4.78 is 38.0. The molecule has 0 bridgehead atoms. The van der Waals surface area contributed by atoms with Crippen LogP contribution in [0.1, 0.15) is 0 Å². The van der Waals surface area contributed by atoms with Crippen molar-refractivity contribution in [2.75, 3.05) is 0 Å². The van der Waals surface area contributed by atoms with Crippen LogP contribution in [0.15, 0.2) is 59.2 Å². The molecule has 0 radical (unpaired) electrons. The van der Waals surface area contributed by atoms with Gasteiger partial charge in [0.1, 0.15) is 11.6 Å². The number of rotatable bonds is 4. The maximum Gasteiger partial charge on any atom is 0.325 e. The first-order chi connectivity index (χ1) is 11.1. The number of aromatic nitrogens is 2. The van der Waals surface area contributed by atoms with Crippen molar-refractivity contribution in [3.05, 3.63) is 70.8 Å². The Labute approximate surface area is 138 Å². The fourth-order valence-corrected chi connectivity index (χ4v) is 2.04. The van der Waals surface area contributed by atoms with Gasteiger partial charge in [-0.1, -0.05) is 15.9 Å². The van der Waals surface area contributed by atoms with Gasteiger partial charge in [0.15, 0.2) is 11.6 Å². The Balaban J connectivity index is 1.78. The Morgan fingerprint density at radius 2 is 1.70 bits per heavy atom. The topological polar surface area (TPSA) is 44.2 Å². The fourth-order valence-electron chi connectivity index (χ4n) is 1.71. The normalized spacial score (nSPS) is 10.4. The molecule has 23 heavy (non-hydrogen) atoms. The van der Waals surface area contributed by atoms with Gasteiger partial charge in [-0.05, 0) is 42.5 Å². The van der Waals surface area contributed by atoms with Crippen molar-refractivity contribution in [1.82, 2.24) is 9.97 Å². The number of nitrogens with zero attached hydrogens (tertiary/aromatic N) is 2. The predicted molar refractivity (Wildman–Crippen MR) is 82.7 cm³/mol. The minimum absolute atomic E-state index is 0.00729. The Hall–Kier alpha value is -2.54. The lowest BCUT2D eigenvalue weighted by Gasteiger charge is -2.07. The van der Waals surface area contributed by atoms with Gasteiger partial charge in [0.2, 0.25) is 5.88 Å². The van der Waals surface area contributed by atoms with E-state index in [1.807, 2.05) is 0 Å². The molecule has 2 aromatic carbocycles. The van der Waals surface area contributed by atoms with E-state index in [4.69, 9.17) is 9.47 Å². The number of hydrogen-bond acceptors (Lipinski definition) is 4. The van der Waals surface area contributed by atoms with E-state index in [9.17, 15) is 8.78 Å². The molecule has 0 aliphatic heterocycles. The molecule has 0 spiro atoms. The van der Waals surface area contributed by atoms with Crippen molar-refractivity contribution in [3.63, 3.8) is 0 Å². The van der Waals surface area contributed by atoms with Gasteiger partial charge < -0.3 is 9.47 Å². The summed E-state index contributed by atoms with van der Waals surface area (Å²) in [6, 6.07) is 11.3. The number of hydrogen-bond donors (Lipinski definition) is 0. The van der Waals surface area contributed by atoms with Gasteiger partial charge in [-0.15, -0.1) is 0 Å². The van der Waals surface area contributed by atoms with Crippen LogP contribution in [-0.2, 0) is 0 Å². The van der Waals surface area contributed by atoms with Gasteiger partial charge in [0.25, 0.3) is 0 Å². The molecule has 0 N–H and O–H groups in total. The minimum Gasteiger partial charge on any atom is -0.439 e. The maximum atomic E-state index is 13.7. The van der Waals surface area contributed by atoms with Gasteiger partial charge in [0.05, 0.1) is 0 Å². The van der Waals surface area contributed by atoms with E-state index in [0.29, 0.717) is 10.2 Å². The lowest BCUT2D eigenvalue weighted by Crippen LogP contribution is -1.96. The summed E-state index contributed by atoms with van der Waals surface area (Å²) in [5.41, 5.74) is 0. The van der Waals surface area contributed by atoms with E-state index >= 15 is 0 Å². The lowest BCUT2D eigenvalue weighted by atomic mass is 10.3. The molecule has 0 aliphatic carbocycles. The van der Waals surface area contributed by atoms with Crippen molar-refractivity contribution in [2.45, 2.75) is 0 Å². The van der Waals surface area contributed by atoms with E-state index in [2.05, 4.69) is 25.9 Å². The predicted octanol–water partition coefficient (Wildman–Crippen LogP) is 5.10. The van der Waals surface area contributed by atoms with Gasteiger partial charge >= 0.3 is 6.01 Å². The number of ether oxygens (including phenoxy) is 2. The van der Waals surface area contributed by atoms with E-state index in [-0.39, 0.29) is 23.5 Å². The molecule has 0 aliphatic rings. The molecule has 0 unspecified atom stereocenters. The van der Waals surface area contributed by atoms with E-state index < -0.39 is 5.82 Å². The molecule has 7 heteroatoms. The molecular formula is C16H9BrF2N2O2. The third-order valence-electron chi connectivity index (χ3n) is 2.74. The van der Waals surface area contributed by atoms with Crippen LogP contribution in [0, 0.1) is 11.6 Å². The summed E-state index contributed by atoms with van der Waals surface area (Å²) in [5, 5.41) is 0. The van der Waals surface area contributed by atoms with E-state index in [0.717, 1.165) is 0 Å². The highest BCUT2D eigenvalue weighted by atomic mass is 79.9. The van der Waals surface area contributed by atoms with Crippen molar-refractivity contribution < 1.29 is 18.3 Å². The first kappa shape index (κ1) is 15.4. The molecule has 3 aromatic rings. The standard InChI is InChI=1S/C16H9BrF2N2O2/c17-10-1-6-14(13(19)9-10)23-16-20-8-7-15(21-16)22-12-4-2-11(18)3-5-12/h1-9H. The average molecular weight is 379 g/mol. The zero-order chi connectivity index (χ0) is 16.2. The summed E-state index contributed by atoms with van der Waals surface area (Å²) in [6.45, 7) is 0. The second-order valence-corrected chi connectivity index (χ2v) is 5.33. The number of halogens is 3. The van der Waals surface area contributed by atoms with Gasteiger partial charge in [-0.2, -0.15) is 4.98 Å². The summed E-state index contributed by atoms with van der Waals surface area (Å²) in [6.07, 6.45) is 1.41. The summed E-state index contributed by atoms with van der Waals surface area (Å²) in [7, 11) is 0. The second-order valence-electron chi connectivity index (χ2n) is 4.41. The van der Waals surface area contributed by atoms with Crippen molar-refractivity contribution in [3.8, 4) is 23.4 Å². The highest BCUT2D eigenvalue weighted by molar-refractivity contribution is 9.10. The molecule has 0 saturated carbocycles. The Morgan fingerprint density at radius 3 is 2.43 bits per heavy atom. The second kappa shape index (κ2) is 6.70. The molecule has 1 aromatic heterocycles. The molecular weight excluding hydrogens is 370 g/mol. The number of benzene rings is 2. The fraction of sp³-hybridized carbons (Fsp3) is 0. The zero-order valence-electron chi connectivity index (χ0n) is 11.5. The molecule has 0 saturated heterocycles. The highest BCUT2D eigenvalue weighted by Crippen LogP contribution is 2.26. The summed E-state index contributed by atoms with van der Waals surface area (Å²) in [5.74, 6) is -0.320. The maximum absolute atomic E-state index is 13.7. The monoisotopic (exact) mass is 378 g/mol. The van der Waals surface area contributed by atoms with Crippen LogP contribution in [0.3, 0.4) is 0 Å². The molecule has 4 nitrogen and oxygen atoms in total. The van der Waals surface area contributed by atoms with Crippen LogP contribution in [-0.4, -0.2) is 9.97 Å². The molecule has 3 rings (SSSR count). The van der Waals surface area contributed by atoms with Crippen LogP contribution >= 0.6 is 15.9 Å². The van der Waals surface area contributed by atoms with E-state index in [1.54, 1.807) is 6.07 Å². The quantitative estimate of drug-likeness (QED) is 0.633. The molecule has 0 amide bonds. The largest absolute Gasteiger partial charge is 0.439 e. The lowest BCUT2D eigenvalue weighted by molar-refractivity contribution is 0.392. The molecule has 116 valence electrons. The average Bonchev–Trinajstić information content (AvgIpc) is 2.53. The van der Waals surface area contributed by atoms with E-state index in [1.165, 1.54) is 48.7 Å². The summed E-state index contributed by atoms with van der Waals surface area (Å²) in [4.78, 5) is 7.92. The van der Waals surface area contributed by atoms with Crippen LogP contribution < -0.4 is 9.47 Å². The SMILES string of the molecule is Fc1ccc(Oc2ccnc(Oc3ccc(Br)cc3F)n2)cc1. The molecule has 1 heterocycles. The van der Waals surface area contributed by atoms with Gasteiger partial charge in [-0.25, -0.2) is 13.8 Å². The molecule has 0 fully saturated rings. The first-order valence-electron chi connectivity index (χ1n) is 6.49. The zero-order valence-corrected chi connectivity index (χ0v) is 13.1. The molecule has 0 atom stereocenters. The van der Waals surface area contributed by atoms with Crippen molar-refractivity contribution >= 4 is 15.9 Å². The van der Waals surface area contributed by atoms with Crippen molar-refractivity contribution in [2.24, 2.45) is 0 Å². The third-order valence-corrected chi connectivity index (χ3v) is 3.23. The highest BCUT2D eigenvalue weighted by Gasteiger charge is 2.09. The Kier molecular flexibility index (Phi) is 4.47. The van der Waals surface area contributed by atoms with Crippen LogP contribution in [0.25, 0.3) is 0 Å². The van der Waals surface area contributed by atoms with Crippen LogP contribution in [0.4, 0.5) is 8.78 Å². The van der Waals surface area contributed by atoms with Gasteiger partial charge in [-0.3, -0.25) is 0 Å². The Bertz CT molecular complexity index is 829. The smallest absolute Gasteiger partial charge is 0.325 e. The first-order valence-corrected chi connectivity index (χ1v) is 7.29. The van der Waals surface area contributed by atoms with Crippen molar-refractivity contribution in [1.29, 1.82) is 0 Å². The third kappa shape index (κ3) is 4.01.